The second-order valence-corrected chi connectivity index (χ2v) is 6.99. The Morgan fingerprint density at radius 2 is 1.80 bits per heavy atom. The van der Waals surface area contributed by atoms with Crippen molar-refractivity contribution < 1.29 is 52.4 Å². The zero-order chi connectivity index (χ0) is 17.6. The van der Waals surface area contributed by atoms with Gasteiger partial charge in [0.1, 0.15) is 16.4 Å². The average molecular weight is 372 g/mol. The molecular weight excluding hydrogens is 351 g/mol. The summed E-state index contributed by atoms with van der Waals surface area (Å²) in [5.41, 5.74) is 0.724. The predicted octanol–water partition coefficient (Wildman–Crippen LogP) is 0.926. The maximum absolute atomic E-state index is 12.1. The molecule has 0 heterocycles. The van der Waals surface area contributed by atoms with E-state index in [4.69, 9.17) is 4.74 Å². The van der Waals surface area contributed by atoms with E-state index in [9.17, 15) is 18.1 Å². The van der Waals surface area contributed by atoms with Crippen LogP contribution >= 0.6 is 0 Å². The second-order valence-electron chi connectivity index (χ2n) is 5.60. The Labute approximate surface area is 171 Å². The first kappa shape index (κ1) is 22.0. The van der Waals surface area contributed by atoms with Crippen molar-refractivity contribution in [2.45, 2.75) is 43.9 Å². The number of hydrogen-bond acceptors (Lipinski definition) is 4. The largest absolute Gasteiger partial charge is 1.00 e. The molecule has 1 N–H and O–H groups in total. The molecule has 0 spiro atoms. The molecule has 130 valence electrons. The Morgan fingerprint density at radius 1 is 1.08 bits per heavy atom. The third-order valence-electron chi connectivity index (χ3n) is 3.69. The summed E-state index contributed by atoms with van der Waals surface area (Å²) in [5.74, 6) is 0.0943. The summed E-state index contributed by atoms with van der Waals surface area (Å²) in [6.45, 7) is 2.13. The van der Waals surface area contributed by atoms with Crippen LogP contribution < -0.4 is 39.4 Å². The van der Waals surface area contributed by atoms with Crippen molar-refractivity contribution in [3.63, 3.8) is 0 Å². The molecule has 0 unspecified atom stereocenters. The van der Waals surface area contributed by atoms with E-state index in [-0.39, 0.29) is 51.7 Å². The van der Waals surface area contributed by atoms with Crippen LogP contribution in [0.5, 0.6) is 17.2 Å². The van der Waals surface area contributed by atoms with Gasteiger partial charge in [0.2, 0.25) is 0 Å². The van der Waals surface area contributed by atoms with Crippen LogP contribution in [0.3, 0.4) is 0 Å². The fourth-order valence-electron chi connectivity index (χ4n) is 2.42. The van der Waals surface area contributed by atoms with Gasteiger partial charge in [-0.15, -0.1) is 5.75 Å². The van der Waals surface area contributed by atoms with Crippen molar-refractivity contribution in [1.29, 1.82) is 0 Å². The molecule has 25 heavy (non-hydrogen) atoms. The molecule has 2 aromatic carbocycles. The van der Waals surface area contributed by atoms with Gasteiger partial charge in [-0.3, -0.25) is 4.55 Å². The van der Waals surface area contributed by atoms with Crippen LogP contribution in [0.15, 0.2) is 47.4 Å². The SMILES string of the molecule is CCCCCCc1ccc(Oc2ccccc2S(=O)(=O)O)cc1[O-].[Na+]. The van der Waals surface area contributed by atoms with E-state index in [1.54, 1.807) is 18.2 Å². The predicted molar refractivity (Wildman–Crippen MR) is 90.1 cm³/mol. The van der Waals surface area contributed by atoms with Crippen LogP contribution in [0.4, 0.5) is 0 Å². The minimum atomic E-state index is -4.39. The first-order valence-corrected chi connectivity index (χ1v) is 9.40. The van der Waals surface area contributed by atoms with E-state index >= 15 is 0 Å². The van der Waals surface area contributed by atoms with E-state index in [1.165, 1.54) is 24.3 Å². The fraction of sp³-hybridized carbons (Fsp3) is 0.333. The van der Waals surface area contributed by atoms with Crippen LogP contribution in [-0.2, 0) is 16.5 Å². The van der Waals surface area contributed by atoms with Gasteiger partial charge >= 0.3 is 29.6 Å². The van der Waals surface area contributed by atoms with Crippen LogP contribution in [0, 0.1) is 0 Å². The molecule has 0 saturated carbocycles. The molecule has 0 aliphatic heterocycles. The fourth-order valence-corrected chi connectivity index (χ4v) is 3.04. The number of hydrogen-bond donors (Lipinski definition) is 1. The quantitative estimate of drug-likeness (QED) is 0.423. The normalized spacial score (nSPS) is 11.0. The Bertz CT molecular complexity index is 790. The molecule has 0 amide bonds. The average Bonchev–Trinajstić information content (AvgIpc) is 2.53. The van der Waals surface area contributed by atoms with Crippen molar-refractivity contribution in [3.8, 4) is 17.2 Å². The molecule has 0 atom stereocenters. The monoisotopic (exact) mass is 372 g/mol. The zero-order valence-corrected chi connectivity index (χ0v) is 17.4. The van der Waals surface area contributed by atoms with Crippen molar-refractivity contribution in [3.05, 3.63) is 48.0 Å². The van der Waals surface area contributed by atoms with Crippen molar-refractivity contribution >= 4 is 10.1 Å². The number of unbranched alkanes of at least 4 members (excludes halogenated alkanes) is 3. The number of para-hydroxylation sites is 1. The zero-order valence-electron chi connectivity index (χ0n) is 14.6. The van der Waals surface area contributed by atoms with Crippen molar-refractivity contribution in [2.24, 2.45) is 0 Å². The van der Waals surface area contributed by atoms with Gasteiger partial charge in [0, 0.05) is 0 Å². The summed E-state index contributed by atoms with van der Waals surface area (Å²) in [6, 6.07) is 10.4. The molecule has 2 aromatic rings. The number of benzene rings is 2. The van der Waals surface area contributed by atoms with Crippen LogP contribution in [0.25, 0.3) is 0 Å². The van der Waals surface area contributed by atoms with Gasteiger partial charge in [0.15, 0.2) is 0 Å². The molecule has 0 aliphatic carbocycles. The molecule has 0 aliphatic rings. The summed E-state index contributed by atoms with van der Waals surface area (Å²) < 4.78 is 37.4. The Balaban J connectivity index is 0.00000312. The maximum Gasteiger partial charge on any atom is 1.00 e. The third kappa shape index (κ3) is 6.64. The van der Waals surface area contributed by atoms with Crippen LogP contribution in [0.2, 0.25) is 0 Å². The second kappa shape index (κ2) is 10.2. The van der Waals surface area contributed by atoms with Crippen molar-refractivity contribution in [2.75, 3.05) is 0 Å². The van der Waals surface area contributed by atoms with Gasteiger partial charge in [-0.25, -0.2) is 0 Å². The maximum atomic E-state index is 12.1. The van der Waals surface area contributed by atoms with Crippen LogP contribution in [0.1, 0.15) is 38.2 Å². The number of rotatable bonds is 8. The van der Waals surface area contributed by atoms with Gasteiger partial charge in [-0.1, -0.05) is 49.9 Å². The van der Waals surface area contributed by atoms with Gasteiger partial charge < -0.3 is 9.84 Å². The molecule has 2 rings (SSSR count). The minimum absolute atomic E-state index is 0. The first-order valence-electron chi connectivity index (χ1n) is 7.96. The molecule has 0 fully saturated rings. The van der Waals surface area contributed by atoms with Gasteiger partial charge in [-0.2, -0.15) is 8.42 Å². The third-order valence-corrected chi connectivity index (χ3v) is 4.59. The molecule has 7 heteroatoms. The van der Waals surface area contributed by atoms with Gasteiger partial charge in [0.05, 0.1) is 0 Å². The Kier molecular flexibility index (Phi) is 8.96. The summed E-state index contributed by atoms with van der Waals surface area (Å²) >= 11 is 0. The smallest absolute Gasteiger partial charge is 0.872 e. The van der Waals surface area contributed by atoms with Gasteiger partial charge in [-0.05, 0) is 37.1 Å². The molecular formula is C18H21NaO5S. The molecule has 0 radical (unpaired) electrons. The molecule has 5 nitrogen and oxygen atoms in total. The van der Waals surface area contributed by atoms with Crippen molar-refractivity contribution in [1.82, 2.24) is 0 Å². The standard InChI is InChI=1S/C18H22O5S.Na/c1-2-3-4-5-8-14-11-12-15(13-16(14)19)23-17-9-6-7-10-18(17)24(20,21)22;/h6-7,9-13,19H,2-5,8H2,1H3,(H,20,21,22);/q;+1/p-1. The van der Waals surface area contributed by atoms with E-state index < -0.39 is 10.1 Å². The van der Waals surface area contributed by atoms with E-state index in [0.29, 0.717) is 0 Å². The molecule has 0 bridgehead atoms. The van der Waals surface area contributed by atoms with Crippen LogP contribution in [-0.4, -0.2) is 13.0 Å². The summed E-state index contributed by atoms with van der Waals surface area (Å²) in [5, 5.41) is 12.1. The van der Waals surface area contributed by atoms with E-state index in [2.05, 4.69) is 6.92 Å². The number of ether oxygens (including phenoxy) is 1. The van der Waals surface area contributed by atoms with Gasteiger partial charge in [0.25, 0.3) is 10.1 Å². The topological polar surface area (TPSA) is 86.7 Å². The first-order chi connectivity index (χ1) is 11.4. The summed E-state index contributed by atoms with van der Waals surface area (Å²) in [6.07, 6.45) is 5.08. The number of aryl methyl sites for hydroxylation is 1. The Morgan fingerprint density at radius 3 is 2.44 bits per heavy atom. The van der Waals surface area contributed by atoms with E-state index in [1.807, 2.05) is 0 Å². The molecule has 0 saturated heterocycles. The van der Waals surface area contributed by atoms with E-state index in [0.717, 1.165) is 37.7 Å². The minimum Gasteiger partial charge on any atom is -0.872 e. The summed E-state index contributed by atoms with van der Waals surface area (Å²) in [7, 11) is -4.39. The molecule has 0 aromatic heterocycles. The Hall–Kier alpha value is -1.05. The summed E-state index contributed by atoms with van der Waals surface area (Å²) in [4.78, 5) is -0.332.